The van der Waals surface area contributed by atoms with E-state index in [4.69, 9.17) is 9.47 Å². The quantitative estimate of drug-likeness (QED) is 0.874. The predicted molar refractivity (Wildman–Crippen MR) is 68.9 cm³/mol. The zero-order chi connectivity index (χ0) is 12.8. The van der Waals surface area contributed by atoms with Gasteiger partial charge in [0.05, 0.1) is 7.11 Å². The molecule has 1 N–H and O–H groups in total. The Bertz CT molecular complexity index is 500. The lowest BCUT2D eigenvalue weighted by Gasteiger charge is -2.07. The first-order chi connectivity index (χ1) is 8.81. The summed E-state index contributed by atoms with van der Waals surface area (Å²) in [5.74, 6) is 2.11. The Balaban J connectivity index is 1.97. The Morgan fingerprint density at radius 3 is 2.61 bits per heavy atom. The van der Waals surface area contributed by atoms with Crippen molar-refractivity contribution in [1.82, 2.24) is 9.97 Å². The zero-order valence-corrected chi connectivity index (χ0v) is 10.4. The first-order valence-corrected chi connectivity index (χ1v) is 5.57. The Hall–Kier alpha value is -2.30. The molecule has 1 aromatic carbocycles. The number of anilines is 1. The molecule has 2 rings (SSSR count). The van der Waals surface area contributed by atoms with Gasteiger partial charge in [0.2, 0.25) is 5.88 Å². The Morgan fingerprint density at radius 1 is 1.17 bits per heavy atom. The molecule has 0 unspecified atom stereocenters. The standard InChI is InChI=1S/C13H15N3O2/c1-14-12-7-13(16-9-15-12)18-8-10-3-5-11(17-2)6-4-10/h3-7,9H,8H2,1-2H3,(H,14,15,16). The molecule has 2 aromatic rings. The van der Waals surface area contributed by atoms with E-state index < -0.39 is 0 Å². The Labute approximate surface area is 106 Å². The first kappa shape index (κ1) is 12.2. The Morgan fingerprint density at radius 2 is 1.94 bits per heavy atom. The van der Waals surface area contributed by atoms with Gasteiger partial charge in [-0.05, 0) is 17.7 Å². The van der Waals surface area contributed by atoms with Gasteiger partial charge in [-0.2, -0.15) is 0 Å². The number of nitrogens with one attached hydrogen (secondary N) is 1. The summed E-state index contributed by atoms with van der Waals surface area (Å²) >= 11 is 0. The Kier molecular flexibility index (Phi) is 3.96. The maximum atomic E-state index is 5.58. The molecule has 0 saturated carbocycles. The predicted octanol–water partition coefficient (Wildman–Crippen LogP) is 2.11. The summed E-state index contributed by atoms with van der Waals surface area (Å²) in [6.45, 7) is 0.462. The maximum absolute atomic E-state index is 5.58. The minimum absolute atomic E-state index is 0.462. The molecule has 94 valence electrons. The van der Waals surface area contributed by atoms with Crippen LogP contribution in [0.1, 0.15) is 5.56 Å². The van der Waals surface area contributed by atoms with Crippen molar-refractivity contribution in [2.75, 3.05) is 19.5 Å². The molecule has 0 bridgehead atoms. The van der Waals surface area contributed by atoms with Gasteiger partial charge in [0, 0.05) is 13.1 Å². The molecule has 1 aromatic heterocycles. The fraction of sp³-hybridized carbons (Fsp3) is 0.231. The van der Waals surface area contributed by atoms with E-state index in [1.165, 1.54) is 6.33 Å². The van der Waals surface area contributed by atoms with Crippen molar-refractivity contribution in [2.24, 2.45) is 0 Å². The molecule has 0 aliphatic heterocycles. The fourth-order valence-electron chi connectivity index (χ4n) is 1.43. The van der Waals surface area contributed by atoms with Crippen LogP contribution in [0.15, 0.2) is 36.7 Å². The monoisotopic (exact) mass is 245 g/mol. The third-order valence-electron chi connectivity index (χ3n) is 2.44. The van der Waals surface area contributed by atoms with Crippen molar-refractivity contribution in [3.63, 3.8) is 0 Å². The van der Waals surface area contributed by atoms with Crippen LogP contribution >= 0.6 is 0 Å². The fourth-order valence-corrected chi connectivity index (χ4v) is 1.43. The van der Waals surface area contributed by atoms with Gasteiger partial charge in [-0.25, -0.2) is 9.97 Å². The molecule has 0 saturated heterocycles. The molecular formula is C13H15N3O2. The van der Waals surface area contributed by atoms with E-state index in [9.17, 15) is 0 Å². The van der Waals surface area contributed by atoms with Crippen LogP contribution < -0.4 is 14.8 Å². The van der Waals surface area contributed by atoms with Gasteiger partial charge in [0.25, 0.3) is 0 Å². The van der Waals surface area contributed by atoms with Gasteiger partial charge in [-0.1, -0.05) is 12.1 Å². The molecule has 0 spiro atoms. The van der Waals surface area contributed by atoms with E-state index in [1.807, 2.05) is 24.3 Å². The van der Waals surface area contributed by atoms with Crippen LogP contribution in [-0.2, 0) is 6.61 Å². The maximum Gasteiger partial charge on any atom is 0.218 e. The average Bonchev–Trinajstić information content (AvgIpc) is 2.46. The molecule has 0 fully saturated rings. The lowest BCUT2D eigenvalue weighted by Crippen LogP contribution is -1.99. The van der Waals surface area contributed by atoms with Crippen LogP contribution in [0.4, 0.5) is 5.82 Å². The van der Waals surface area contributed by atoms with Crippen molar-refractivity contribution in [1.29, 1.82) is 0 Å². The summed E-state index contributed by atoms with van der Waals surface area (Å²) < 4.78 is 10.7. The van der Waals surface area contributed by atoms with Crippen LogP contribution in [0.3, 0.4) is 0 Å². The molecule has 5 heteroatoms. The van der Waals surface area contributed by atoms with Gasteiger partial charge >= 0.3 is 0 Å². The molecule has 18 heavy (non-hydrogen) atoms. The molecule has 0 atom stereocenters. The summed E-state index contributed by atoms with van der Waals surface area (Å²) in [6.07, 6.45) is 1.47. The number of hydrogen-bond acceptors (Lipinski definition) is 5. The summed E-state index contributed by atoms with van der Waals surface area (Å²) in [6, 6.07) is 9.47. The second kappa shape index (κ2) is 5.86. The first-order valence-electron chi connectivity index (χ1n) is 5.57. The van der Waals surface area contributed by atoms with Gasteiger partial charge in [-0.15, -0.1) is 0 Å². The molecule has 0 radical (unpaired) electrons. The van der Waals surface area contributed by atoms with Crippen molar-refractivity contribution in [3.8, 4) is 11.6 Å². The van der Waals surface area contributed by atoms with E-state index in [1.54, 1.807) is 20.2 Å². The van der Waals surface area contributed by atoms with Crippen LogP contribution in [0.25, 0.3) is 0 Å². The number of methoxy groups -OCH3 is 1. The number of rotatable bonds is 5. The summed E-state index contributed by atoms with van der Waals surface area (Å²) in [7, 11) is 3.45. The van der Waals surface area contributed by atoms with E-state index in [0.29, 0.717) is 12.5 Å². The lowest BCUT2D eigenvalue weighted by molar-refractivity contribution is 0.293. The number of hydrogen-bond donors (Lipinski definition) is 1. The van der Waals surface area contributed by atoms with Gasteiger partial charge in [-0.3, -0.25) is 0 Å². The largest absolute Gasteiger partial charge is 0.497 e. The van der Waals surface area contributed by atoms with Crippen molar-refractivity contribution in [2.45, 2.75) is 6.61 Å². The third kappa shape index (κ3) is 3.10. The topological polar surface area (TPSA) is 56.3 Å². The summed E-state index contributed by atoms with van der Waals surface area (Å²) in [4.78, 5) is 8.05. The minimum Gasteiger partial charge on any atom is -0.497 e. The van der Waals surface area contributed by atoms with Crippen LogP contribution in [0, 0.1) is 0 Å². The van der Waals surface area contributed by atoms with Crippen molar-refractivity contribution in [3.05, 3.63) is 42.2 Å². The lowest BCUT2D eigenvalue weighted by atomic mass is 10.2. The summed E-state index contributed by atoms with van der Waals surface area (Å²) in [5.41, 5.74) is 1.06. The molecule has 0 aliphatic rings. The van der Waals surface area contributed by atoms with E-state index in [-0.39, 0.29) is 0 Å². The van der Waals surface area contributed by atoms with Crippen LogP contribution in [0.5, 0.6) is 11.6 Å². The summed E-state index contributed by atoms with van der Waals surface area (Å²) in [5, 5.41) is 2.93. The van der Waals surface area contributed by atoms with Gasteiger partial charge in [0.15, 0.2) is 0 Å². The molecular weight excluding hydrogens is 230 g/mol. The van der Waals surface area contributed by atoms with E-state index >= 15 is 0 Å². The number of benzene rings is 1. The van der Waals surface area contributed by atoms with Crippen LogP contribution in [0.2, 0.25) is 0 Å². The third-order valence-corrected chi connectivity index (χ3v) is 2.44. The van der Waals surface area contributed by atoms with Gasteiger partial charge in [0.1, 0.15) is 24.5 Å². The van der Waals surface area contributed by atoms with Crippen molar-refractivity contribution >= 4 is 5.82 Å². The van der Waals surface area contributed by atoms with E-state index in [0.717, 1.165) is 17.1 Å². The normalized spacial score (nSPS) is 9.89. The molecule has 5 nitrogen and oxygen atoms in total. The highest BCUT2D eigenvalue weighted by atomic mass is 16.5. The highest BCUT2D eigenvalue weighted by Crippen LogP contribution is 2.15. The molecule has 0 amide bonds. The smallest absolute Gasteiger partial charge is 0.218 e. The van der Waals surface area contributed by atoms with Crippen molar-refractivity contribution < 1.29 is 9.47 Å². The van der Waals surface area contributed by atoms with Gasteiger partial charge < -0.3 is 14.8 Å². The minimum atomic E-state index is 0.462. The molecule has 1 heterocycles. The highest BCUT2D eigenvalue weighted by molar-refractivity contribution is 5.36. The zero-order valence-electron chi connectivity index (χ0n) is 10.4. The van der Waals surface area contributed by atoms with Crippen LogP contribution in [-0.4, -0.2) is 24.1 Å². The second-order valence-corrected chi connectivity index (χ2v) is 3.63. The highest BCUT2D eigenvalue weighted by Gasteiger charge is 1.99. The van der Waals surface area contributed by atoms with E-state index in [2.05, 4.69) is 15.3 Å². The number of ether oxygens (including phenoxy) is 2. The number of aromatic nitrogens is 2. The molecule has 0 aliphatic carbocycles. The second-order valence-electron chi connectivity index (χ2n) is 3.63. The average molecular weight is 245 g/mol. The number of nitrogens with zero attached hydrogens (tertiary/aromatic N) is 2. The SMILES string of the molecule is CNc1cc(OCc2ccc(OC)cc2)ncn1.